The van der Waals surface area contributed by atoms with Crippen molar-refractivity contribution in [2.24, 2.45) is 5.41 Å². The van der Waals surface area contributed by atoms with Gasteiger partial charge in [-0.15, -0.1) is 0 Å². The molecule has 1 saturated carbocycles. The fourth-order valence-electron chi connectivity index (χ4n) is 2.73. The van der Waals surface area contributed by atoms with Crippen molar-refractivity contribution in [3.63, 3.8) is 0 Å². The second-order valence-electron chi connectivity index (χ2n) is 5.55. The molecule has 0 saturated heterocycles. The van der Waals surface area contributed by atoms with Gasteiger partial charge in [-0.3, -0.25) is 9.59 Å². The first-order valence-corrected chi connectivity index (χ1v) is 7.54. The lowest BCUT2D eigenvalue weighted by Crippen LogP contribution is -2.42. The SMILES string of the molecule is O=C(NCC1(C(=O)O)CCCCCC1)c1ccc(Cl)nc1. The summed E-state index contributed by atoms with van der Waals surface area (Å²) in [6.07, 6.45) is 6.52. The minimum Gasteiger partial charge on any atom is -0.481 e. The Morgan fingerprint density at radius 2 is 1.90 bits per heavy atom. The minimum absolute atomic E-state index is 0.157. The molecule has 2 N–H and O–H groups in total. The van der Waals surface area contributed by atoms with Gasteiger partial charge in [0.2, 0.25) is 0 Å². The van der Waals surface area contributed by atoms with Crippen molar-refractivity contribution in [1.29, 1.82) is 0 Å². The number of carbonyl (C=O) groups is 2. The summed E-state index contributed by atoms with van der Waals surface area (Å²) in [4.78, 5) is 27.6. The molecule has 21 heavy (non-hydrogen) atoms. The smallest absolute Gasteiger partial charge is 0.311 e. The normalized spacial score (nSPS) is 17.8. The van der Waals surface area contributed by atoms with E-state index < -0.39 is 11.4 Å². The number of carboxylic acids is 1. The molecule has 1 aliphatic carbocycles. The highest BCUT2D eigenvalue weighted by Crippen LogP contribution is 2.34. The van der Waals surface area contributed by atoms with Gasteiger partial charge >= 0.3 is 5.97 Å². The quantitative estimate of drug-likeness (QED) is 0.662. The molecule has 2 rings (SSSR count). The third kappa shape index (κ3) is 3.94. The monoisotopic (exact) mass is 310 g/mol. The fraction of sp³-hybridized carbons (Fsp3) is 0.533. The highest BCUT2D eigenvalue weighted by Gasteiger charge is 2.38. The van der Waals surface area contributed by atoms with Crippen molar-refractivity contribution < 1.29 is 14.7 Å². The Bertz CT molecular complexity index is 508. The minimum atomic E-state index is -0.841. The molecule has 1 fully saturated rings. The first-order valence-electron chi connectivity index (χ1n) is 7.17. The van der Waals surface area contributed by atoms with Crippen LogP contribution in [0, 0.1) is 5.41 Å². The molecule has 1 aromatic rings. The van der Waals surface area contributed by atoms with Crippen molar-refractivity contribution in [2.45, 2.75) is 38.5 Å². The molecule has 1 aromatic heterocycles. The van der Waals surface area contributed by atoms with Crippen LogP contribution in [0.2, 0.25) is 5.15 Å². The van der Waals surface area contributed by atoms with Gasteiger partial charge in [0.15, 0.2) is 0 Å². The third-order valence-electron chi connectivity index (χ3n) is 4.09. The van der Waals surface area contributed by atoms with Crippen molar-refractivity contribution in [3.8, 4) is 0 Å². The molecule has 1 heterocycles. The molecule has 0 aromatic carbocycles. The number of rotatable bonds is 4. The maximum Gasteiger partial charge on any atom is 0.311 e. The average Bonchev–Trinajstić information content (AvgIpc) is 2.72. The second-order valence-corrected chi connectivity index (χ2v) is 5.94. The molecular weight excluding hydrogens is 292 g/mol. The summed E-state index contributed by atoms with van der Waals surface area (Å²) in [5.41, 5.74) is -0.458. The molecule has 0 spiro atoms. The molecule has 1 aliphatic rings. The zero-order valence-corrected chi connectivity index (χ0v) is 12.5. The van der Waals surface area contributed by atoms with Gasteiger partial charge in [-0.2, -0.15) is 0 Å². The molecule has 6 heteroatoms. The number of carboxylic acid groups (broad SMARTS) is 1. The van der Waals surface area contributed by atoms with E-state index in [-0.39, 0.29) is 12.5 Å². The maximum atomic E-state index is 12.1. The van der Waals surface area contributed by atoms with E-state index in [0.717, 1.165) is 25.7 Å². The summed E-state index contributed by atoms with van der Waals surface area (Å²) in [7, 11) is 0. The second kappa shape index (κ2) is 6.89. The van der Waals surface area contributed by atoms with Crippen LogP contribution in [0.15, 0.2) is 18.3 Å². The van der Waals surface area contributed by atoms with E-state index in [1.54, 1.807) is 6.07 Å². The predicted octanol–water partition coefficient (Wildman–Crippen LogP) is 2.89. The van der Waals surface area contributed by atoms with Crippen LogP contribution in [-0.4, -0.2) is 28.5 Å². The van der Waals surface area contributed by atoms with Crippen LogP contribution < -0.4 is 5.32 Å². The van der Waals surface area contributed by atoms with Crippen LogP contribution in [0.3, 0.4) is 0 Å². The van der Waals surface area contributed by atoms with E-state index in [1.807, 2.05) is 0 Å². The third-order valence-corrected chi connectivity index (χ3v) is 4.31. The molecule has 1 amide bonds. The largest absolute Gasteiger partial charge is 0.481 e. The van der Waals surface area contributed by atoms with Gasteiger partial charge in [-0.25, -0.2) is 4.98 Å². The molecule has 0 bridgehead atoms. The first-order chi connectivity index (χ1) is 10.0. The zero-order chi connectivity index (χ0) is 15.3. The van der Waals surface area contributed by atoms with Crippen LogP contribution in [0.1, 0.15) is 48.9 Å². The number of aromatic nitrogens is 1. The van der Waals surface area contributed by atoms with E-state index in [2.05, 4.69) is 10.3 Å². The van der Waals surface area contributed by atoms with Crippen LogP contribution >= 0.6 is 11.6 Å². The fourth-order valence-corrected chi connectivity index (χ4v) is 2.85. The zero-order valence-electron chi connectivity index (χ0n) is 11.8. The highest BCUT2D eigenvalue weighted by atomic mass is 35.5. The lowest BCUT2D eigenvalue weighted by Gasteiger charge is -2.28. The van der Waals surface area contributed by atoms with Gasteiger partial charge in [0.1, 0.15) is 5.15 Å². The molecule has 0 radical (unpaired) electrons. The van der Waals surface area contributed by atoms with Crippen LogP contribution in [0.5, 0.6) is 0 Å². The number of pyridine rings is 1. The number of amides is 1. The van der Waals surface area contributed by atoms with Crippen molar-refractivity contribution in [3.05, 3.63) is 29.0 Å². The Morgan fingerprint density at radius 3 is 2.43 bits per heavy atom. The van der Waals surface area contributed by atoms with E-state index in [9.17, 15) is 14.7 Å². The van der Waals surface area contributed by atoms with Crippen molar-refractivity contribution >= 4 is 23.5 Å². The Balaban J connectivity index is 2.02. The number of carbonyl (C=O) groups excluding carboxylic acids is 1. The van der Waals surface area contributed by atoms with Gasteiger partial charge in [0.05, 0.1) is 11.0 Å². The standard InChI is InChI=1S/C15H19ClN2O3/c16-12-6-5-11(9-17-12)13(19)18-10-15(14(20)21)7-3-1-2-4-8-15/h5-6,9H,1-4,7-8,10H2,(H,18,19)(H,20,21). The summed E-state index contributed by atoms with van der Waals surface area (Å²) in [5.74, 6) is -1.14. The number of hydrogen-bond acceptors (Lipinski definition) is 3. The molecule has 5 nitrogen and oxygen atoms in total. The number of hydrogen-bond donors (Lipinski definition) is 2. The lowest BCUT2D eigenvalue weighted by molar-refractivity contribution is -0.149. The van der Waals surface area contributed by atoms with Gasteiger partial charge in [-0.1, -0.05) is 37.3 Å². The predicted molar refractivity (Wildman–Crippen MR) is 79.4 cm³/mol. The maximum absolute atomic E-state index is 12.1. The summed E-state index contributed by atoms with van der Waals surface area (Å²) >= 11 is 5.68. The van der Waals surface area contributed by atoms with Crippen LogP contribution in [0.4, 0.5) is 0 Å². The Kier molecular flexibility index (Phi) is 5.17. The Hall–Kier alpha value is -1.62. The van der Waals surface area contributed by atoms with Gasteiger partial charge in [0, 0.05) is 12.7 Å². The summed E-state index contributed by atoms with van der Waals surface area (Å²) in [6.45, 7) is 0.157. The number of nitrogens with zero attached hydrogens (tertiary/aromatic N) is 1. The first kappa shape index (κ1) is 15.8. The summed E-state index contributed by atoms with van der Waals surface area (Å²) in [6, 6.07) is 3.11. The van der Waals surface area contributed by atoms with Gasteiger partial charge in [0.25, 0.3) is 5.91 Å². The summed E-state index contributed by atoms with van der Waals surface area (Å²) < 4.78 is 0. The molecule has 0 aliphatic heterocycles. The number of nitrogens with one attached hydrogen (secondary N) is 1. The van der Waals surface area contributed by atoms with E-state index in [1.165, 1.54) is 12.3 Å². The van der Waals surface area contributed by atoms with Crippen molar-refractivity contribution in [1.82, 2.24) is 10.3 Å². The average molecular weight is 311 g/mol. The van der Waals surface area contributed by atoms with Gasteiger partial charge in [-0.05, 0) is 25.0 Å². The topological polar surface area (TPSA) is 79.3 Å². The van der Waals surface area contributed by atoms with Crippen LogP contribution in [0.25, 0.3) is 0 Å². The van der Waals surface area contributed by atoms with Crippen LogP contribution in [-0.2, 0) is 4.79 Å². The van der Waals surface area contributed by atoms with Gasteiger partial charge < -0.3 is 10.4 Å². The lowest BCUT2D eigenvalue weighted by atomic mass is 9.80. The Morgan fingerprint density at radius 1 is 1.24 bits per heavy atom. The van der Waals surface area contributed by atoms with E-state index in [0.29, 0.717) is 23.6 Å². The molecule has 0 unspecified atom stereocenters. The molecule has 114 valence electrons. The summed E-state index contributed by atoms with van der Waals surface area (Å²) in [5, 5.41) is 12.6. The molecule has 0 atom stereocenters. The van der Waals surface area contributed by atoms with E-state index >= 15 is 0 Å². The van der Waals surface area contributed by atoms with E-state index in [4.69, 9.17) is 11.6 Å². The number of halogens is 1. The molecular formula is C15H19ClN2O3. The Labute approximate surface area is 128 Å². The number of aliphatic carboxylic acids is 1. The van der Waals surface area contributed by atoms with Crippen molar-refractivity contribution in [2.75, 3.05) is 6.54 Å². The highest BCUT2D eigenvalue weighted by molar-refractivity contribution is 6.29.